The highest BCUT2D eigenvalue weighted by Crippen LogP contribution is 2.32. The van der Waals surface area contributed by atoms with Gasteiger partial charge in [-0.1, -0.05) is 24.3 Å². The van der Waals surface area contributed by atoms with E-state index in [1.807, 2.05) is 0 Å². The molecule has 0 aliphatic heterocycles. The minimum atomic E-state index is -1.82. The van der Waals surface area contributed by atoms with Crippen molar-refractivity contribution < 1.29 is 42.9 Å². The normalized spacial score (nSPS) is 10.8. The molecule has 0 aromatic heterocycles. The molecule has 0 saturated heterocycles. The molecule has 0 unspecified atom stereocenters. The van der Waals surface area contributed by atoms with Crippen molar-refractivity contribution in [3.05, 3.63) is 24.3 Å². The van der Waals surface area contributed by atoms with E-state index < -0.39 is 29.5 Å². The van der Waals surface area contributed by atoms with Gasteiger partial charge in [-0.05, 0) is 19.8 Å². The first-order valence-electron chi connectivity index (χ1n) is 8.14. The highest BCUT2D eigenvalue weighted by molar-refractivity contribution is 6.02. The number of methoxy groups -OCH3 is 3. The van der Waals surface area contributed by atoms with Gasteiger partial charge in [0.25, 0.3) is 0 Å². The highest BCUT2D eigenvalue weighted by Gasteiger charge is 2.46. The SMILES string of the molecule is C=C(CC(=O)OC)CC(/C=C\CCOC(=O)OCC)(C(=O)OC)C(=O)OC. The van der Waals surface area contributed by atoms with Crippen LogP contribution in [0.25, 0.3) is 0 Å². The maximum atomic E-state index is 12.3. The van der Waals surface area contributed by atoms with Crippen molar-refractivity contribution in [3.8, 4) is 0 Å². The topological polar surface area (TPSA) is 114 Å². The van der Waals surface area contributed by atoms with Crippen LogP contribution in [0, 0.1) is 5.41 Å². The van der Waals surface area contributed by atoms with Crippen molar-refractivity contribution in [2.45, 2.75) is 26.2 Å². The van der Waals surface area contributed by atoms with Crippen LogP contribution < -0.4 is 0 Å². The molecule has 0 aliphatic carbocycles. The van der Waals surface area contributed by atoms with E-state index >= 15 is 0 Å². The van der Waals surface area contributed by atoms with E-state index in [1.54, 1.807) is 6.92 Å². The third kappa shape index (κ3) is 7.93. The van der Waals surface area contributed by atoms with Crippen molar-refractivity contribution in [2.24, 2.45) is 5.41 Å². The van der Waals surface area contributed by atoms with Crippen molar-refractivity contribution >= 4 is 24.1 Å². The molecule has 152 valence electrons. The predicted molar refractivity (Wildman–Crippen MR) is 93.6 cm³/mol. The molecule has 0 amide bonds. The molecule has 0 radical (unpaired) electrons. The van der Waals surface area contributed by atoms with E-state index in [4.69, 9.17) is 14.2 Å². The fraction of sp³-hybridized carbons (Fsp3) is 0.556. The standard InChI is InChI=1S/C18H26O9/c1-6-26-17(22)27-10-8-7-9-18(15(20)24-4,16(21)25-5)12-13(2)11-14(19)23-3/h7,9H,2,6,8,10-12H2,1,3-5H3/b9-7-. The third-order valence-electron chi connectivity index (χ3n) is 3.42. The van der Waals surface area contributed by atoms with Crippen molar-refractivity contribution in [3.63, 3.8) is 0 Å². The maximum absolute atomic E-state index is 12.3. The van der Waals surface area contributed by atoms with E-state index in [1.165, 1.54) is 19.3 Å². The van der Waals surface area contributed by atoms with Gasteiger partial charge >= 0.3 is 24.1 Å². The molecular weight excluding hydrogens is 360 g/mol. The lowest BCUT2D eigenvalue weighted by molar-refractivity contribution is -0.165. The molecule has 0 N–H and O–H groups in total. The van der Waals surface area contributed by atoms with Crippen LogP contribution in [0.1, 0.15) is 26.2 Å². The Hall–Kier alpha value is -2.84. The Balaban J connectivity index is 5.32. The summed E-state index contributed by atoms with van der Waals surface area (Å²) in [5.41, 5.74) is -1.54. The summed E-state index contributed by atoms with van der Waals surface area (Å²) >= 11 is 0. The van der Waals surface area contributed by atoms with Crippen LogP contribution in [0.4, 0.5) is 4.79 Å². The number of carbonyl (C=O) groups excluding carboxylic acids is 4. The van der Waals surface area contributed by atoms with Gasteiger partial charge in [0.05, 0.1) is 41.0 Å². The van der Waals surface area contributed by atoms with Gasteiger partial charge in [0.15, 0.2) is 5.41 Å². The number of esters is 3. The van der Waals surface area contributed by atoms with Crippen molar-refractivity contribution in [2.75, 3.05) is 34.5 Å². The second-order valence-corrected chi connectivity index (χ2v) is 5.36. The average Bonchev–Trinajstić information content (AvgIpc) is 2.65. The third-order valence-corrected chi connectivity index (χ3v) is 3.42. The lowest BCUT2D eigenvalue weighted by Gasteiger charge is -2.25. The summed E-state index contributed by atoms with van der Waals surface area (Å²) in [6, 6.07) is 0. The molecule has 0 bridgehead atoms. The lowest BCUT2D eigenvalue weighted by Crippen LogP contribution is -2.40. The summed E-state index contributed by atoms with van der Waals surface area (Å²) in [7, 11) is 3.47. The summed E-state index contributed by atoms with van der Waals surface area (Å²) in [4.78, 5) is 47.2. The largest absolute Gasteiger partial charge is 0.508 e. The molecule has 0 aliphatic rings. The van der Waals surface area contributed by atoms with Crippen LogP contribution in [0.15, 0.2) is 24.3 Å². The van der Waals surface area contributed by atoms with Gasteiger partial charge in [-0.3, -0.25) is 14.4 Å². The fourth-order valence-corrected chi connectivity index (χ4v) is 2.17. The monoisotopic (exact) mass is 386 g/mol. The predicted octanol–water partition coefficient (Wildman–Crippen LogP) is 1.95. The number of rotatable bonds is 11. The number of hydrogen-bond acceptors (Lipinski definition) is 9. The first-order valence-corrected chi connectivity index (χ1v) is 8.14. The molecule has 0 heterocycles. The van der Waals surface area contributed by atoms with Crippen molar-refractivity contribution in [1.82, 2.24) is 0 Å². The molecule has 0 aromatic carbocycles. The Kier molecular flexibility index (Phi) is 11.2. The molecule has 0 atom stereocenters. The average molecular weight is 386 g/mol. The smallest absolute Gasteiger partial charge is 0.469 e. The Labute approximate surface area is 158 Å². The summed E-state index contributed by atoms with van der Waals surface area (Å²) in [6.07, 6.45) is 1.77. The minimum absolute atomic E-state index is 0.0170. The van der Waals surface area contributed by atoms with E-state index in [9.17, 15) is 19.2 Å². The minimum Gasteiger partial charge on any atom is -0.469 e. The summed E-state index contributed by atoms with van der Waals surface area (Å²) < 4.78 is 23.5. The van der Waals surface area contributed by atoms with Crippen LogP contribution in [-0.2, 0) is 38.1 Å². The van der Waals surface area contributed by atoms with Gasteiger partial charge in [-0.15, -0.1) is 0 Å². The zero-order chi connectivity index (χ0) is 20.9. The summed E-state index contributed by atoms with van der Waals surface area (Å²) in [6.45, 7) is 5.52. The summed E-state index contributed by atoms with van der Waals surface area (Å²) in [5.74, 6) is -2.30. The number of hydrogen-bond donors (Lipinski definition) is 0. The Morgan fingerprint density at radius 1 is 0.963 bits per heavy atom. The Bertz CT molecular complexity index is 561. The molecule has 0 spiro atoms. The molecule has 0 saturated carbocycles. The molecular formula is C18H26O9. The van der Waals surface area contributed by atoms with Crippen molar-refractivity contribution in [1.29, 1.82) is 0 Å². The number of carbonyl (C=O) groups is 4. The second kappa shape index (κ2) is 12.5. The number of ether oxygens (including phenoxy) is 5. The second-order valence-electron chi connectivity index (χ2n) is 5.36. The molecule has 27 heavy (non-hydrogen) atoms. The first-order chi connectivity index (χ1) is 12.8. The van der Waals surface area contributed by atoms with Crippen LogP contribution in [0.2, 0.25) is 0 Å². The molecule has 9 heteroatoms. The van der Waals surface area contributed by atoms with Gasteiger partial charge in [-0.2, -0.15) is 0 Å². The van der Waals surface area contributed by atoms with E-state index in [0.717, 1.165) is 14.2 Å². The van der Waals surface area contributed by atoms with Gasteiger partial charge in [0, 0.05) is 0 Å². The van der Waals surface area contributed by atoms with Gasteiger partial charge in [-0.25, -0.2) is 4.79 Å². The lowest BCUT2D eigenvalue weighted by atomic mass is 9.80. The highest BCUT2D eigenvalue weighted by atomic mass is 16.7. The van der Waals surface area contributed by atoms with Gasteiger partial charge < -0.3 is 23.7 Å². The first kappa shape index (κ1) is 24.2. The van der Waals surface area contributed by atoms with Crippen LogP contribution in [0.5, 0.6) is 0 Å². The Morgan fingerprint density at radius 3 is 2.04 bits per heavy atom. The fourth-order valence-electron chi connectivity index (χ4n) is 2.17. The Morgan fingerprint density at radius 2 is 1.56 bits per heavy atom. The molecule has 0 fully saturated rings. The van der Waals surface area contributed by atoms with E-state index in [2.05, 4.69) is 16.1 Å². The summed E-state index contributed by atoms with van der Waals surface area (Å²) in [5, 5.41) is 0. The van der Waals surface area contributed by atoms with Gasteiger partial charge in [0.1, 0.15) is 0 Å². The molecule has 9 nitrogen and oxygen atoms in total. The van der Waals surface area contributed by atoms with Crippen LogP contribution in [0.3, 0.4) is 0 Å². The zero-order valence-electron chi connectivity index (χ0n) is 16.1. The molecule has 0 aromatic rings. The van der Waals surface area contributed by atoms with E-state index in [0.29, 0.717) is 0 Å². The van der Waals surface area contributed by atoms with Gasteiger partial charge in [0.2, 0.25) is 0 Å². The van der Waals surface area contributed by atoms with Crippen LogP contribution >= 0.6 is 0 Å². The maximum Gasteiger partial charge on any atom is 0.508 e. The quantitative estimate of drug-likeness (QED) is 0.173. The molecule has 0 rings (SSSR count). The van der Waals surface area contributed by atoms with E-state index in [-0.39, 0.29) is 38.0 Å². The zero-order valence-corrected chi connectivity index (χ0v) is 16.1. The van der Waals surface area contributed by atoms with Crippen LogP contribution in [-0.4, -0.2) is 58.6 Å².